The van der Waals surface area contributed by atoms with Gasteiger partial charge < -0.3 is 4.90 Å². The minimum absolute atomic E-state index is 0.889. The standard InChI is InChI=1S/C16H17NS2/c1-17(2)14-10-8-13(9-11-14)16(19)15(18)12-6-4-3-5-7-12/h3-11,18-19H,1-2H3. The van der Waals surface area contributed by atoms with Crippen molar-refractivity contribution < 1.29 is 0 Å². The highest BCUT2D eigenvalue weighted by Crippen LogP contribution is 2.32. The number of benzene rings is 2. The van der Waals surface area contributed by atoms with Gasteiger partial charge >= 0.3 is 0 Å². The Kier molecular flexibility index (Phi) is 4.61. The molecule has 0 radical (unpaired) electrons. The van der Waals surface area contributed by atoms with E-state index in [1.165, 1.54) is 5.69 Å². The van der Waals surface area contributed by atoms with Gasteiger partial charge in [0.15, 0.2) is 0 Å². The van der Waals surface area contributed by atoms with Gasteiger partial charge in [0.2, 0.25) is 0 Å². The third kappa shape index (κ3) is 3.37. The van der Waals surface area contributed by atoms with Crippen LogP contribution in [-0.4, -0.2) is 14.1 Å². The highest BCUT2D eigenvalue weighted by molar-refractivity contribution is 7.96. The lowest BCUT2D eigenvalue weighted by Gasteiger charge is -2.13. The molecular weight excluding hydrogens is 270 g/mol. The molecule has 0 fully saturated rings. The fourth-order valence-electron chi connectivity index (χ4n) is 1.79. The smallest absolute Gasteiger partial charge is 0.0361 e. The van der Waals surface area contributed by atoms with Crippen LogP contribution in [0.25, 0.3) is 9.81 Å². The van der Waals surface area contributed by atoms with Gasteiger partial charge in [0, 0.05) is 29.6 Å². The minimum Gasteiger partial charge on any atom is -0.378 e. The van der Waals surface area contributed by atoms with Gasteiger partial charge in [-0.05, 0) is 23.3 Å². The molecule has 2 aromatic carbocycles. The second kappa shape index (κ2) is 6.22. The monoisotopic (exact) mass is 287 g/mol. The number of thiol groups is 2. The van der Waals surface area contributed by atoms with Gasteiger partial charge in [0.1, 0.15) is 0 Å². The number of nitrogens with zero attached hydrogens (tertiary/aromatic N) is 1. The molecule has 2 rings (SSSR count). The molecule has 0 heterocycles. The predicted octanol–water partition coefficient (Wildman–Crippen LogP) is 4.44. The maximum Gasteiger partial charge on any atom is 0.0361 e. The van der Waals surface area contributed by atoms with Crippen LogP contribution in [0.4, 0.5) is 5.69 Å². The Balaban J connectivity index is 2.35. The van der Waals surface area contributed by atoms with Crippen LogP contribution in [0.5, 0.6) is 0 Å². The van der Waals surface area contributed by atoms with Gasteiger partial charge in [-0.1, -0.05) is 42.5 Å². The number of hydrogen-bond donors (Lipinski definition) is 2. The zero-order valence-corrected chi connectivity index (χ0v) is 12.8. The first-order valence-electron chi connectivity index (χ1n) is 6.05. The van der Waals surface area contributed by atoms with Gasteiger partial charge in [-0.3, -0.25) is 0 Å². The Hall–Kier alpha value is -1.32. The van der Waals surface area contributed by atoms with Gasteiger partial charge in [0.25, 0.3) is 0 Å². The van der Waals surface area contributed by atoms with Crippen molar-refractivity contribution in [2.45, 2.75) is 0 Å². The number of hydrogen-bond acceptors (Lipinski definition) is 3. The van der Waals surface area contributed by atoms with E-state index in [1.54, 1.807) is 0 Å². The predicted molar refractivity (Wildman–Crippen MR) is 92.0 cm³/mol. The largest absolute Gasteiger partial charge is 0.378 e. The summed E-state index contributed by atoms with van der Waals surface area (Å²) in [6.45, 7) is 0. The van der Waals surface area contributed by atoms with Crippen molar-refractivity contribution in [2.75, 3.05) is 19.0 Å². The topological polar surface area (TPSA) is 3.24 Å². The molecule has 98 valence electrons. The summed E-state index contributed by atoms with van der Waals surface area (Å²) in [6.07, 6.45) is 0. The molecule has 0 atom stereocenters. The van der Waals surface area contributed by atoms with E-state index in [-0.39, 0.29) is 0 Å². The zero-order valence-electron chi connectivity index (χ0n) is 11.0. The molecule has 0 saturated carbocycles. The summed E-state index contributed by atoms with van der Waals surface area (Å²) >= 11 is 9.19. The lowest BCUT2D eigenvalue weighted by Crippen LogP contribution is -2.08. The van der Waals surface area contributed by atoms with Crippen LogP contribution < -0.4 is 4.90 Å². The molecule has 1 nitrogen and oxygen atoms in total. The van der Waals surface area contributed by atoms with Crippen molar-refractivity contribution >= 4 is 40.8 Å². The van der Waals surface area contributed by atoms with Crippen LogP contribution in [0, 0.1) is 0 Å². The van der Waals surface area contributed by atoms with E-state index >= 15 is 0 Å². The average Bonchev–Trinajstić information content (AvgIpc) is 2.46. The van der Waals surface area contributed by atoms with Crippen LogP contribution in [-0.2, 0) is 0 Å². The lowest BCUT2D eigenvalue weighted by molar-refractivity contribution is 1.13. The van der Waals surface area contributed by atoms with Crippen LogP contribution in [0.3, 0.4) is 0 Å². The van der Waals surface area contributed by atoms with Crippen molar-refractivity contribution in [1.82, 2.24) is 0 Å². The molecular formula is C16H17NS2. The maximum atomic E-state index is 4.60. The molecule has 3 heteroatoms. The molecule has 0 unspecified atom stereocenters. The third-order valence-electron chi connectivity index (χ3n) is 2.93. The zero-order chi connectivity index (χ0) is 13.8. The summed E-state index contributed by atoms with van der Waals surface area (Å²) < 4.78 is 0. The molecule has 2 aromatic rings. The first-order chi connectivity index (χ1) is 9.09. The van der Waals surface area contributed by atoms with E-state index in [0.29, 0.717) is 0 Å². The summed E-state index contributed by atoms with van der Waals surface area (Å²) in [5.74, 6) is 0. The molecule has 0 aliphatic heterocycles. The Morgan fingerprint density at radius 2 is 1.21 bits per heavy atom. The second-order valence-corrected chi connectivity index (χ2v) is 5.40. The van der Waals surface area contributed by atoms with Crippen molar-refractivity contribution in [3.8, 4) is 0 Å². The summed E-state index contributed by atoms with van der Waals surface area (Å²) in [5, 5.41) is 0. The molecule has 0 spiro atoms. The quantitative estimate of drug-likeness (QED) is 0.623. The van der Waals surface area contributed by atoms with Crippen molar-refractivity contribution in [2.24, 2.45) is 0 Å². The van der Waals surface area contributed by atoms with Crippen molar-refractivity contribution in [3.63, 3.8) is 0 Å². The van der Waals surface area contributed by atoms with Crippen LogP contribution in [0.1, 0.15) is 11.1 Å². The fraction of sp³-hybridized carbons (Fsp3) is 0.125. The summed E-state index contributed by atoms with van der Waals surface area (Å²) in [5.41, 5.74) is 3.32. The molecule has 0 aromatic heterocycles. The Morgan fingerprint density at radius 1 is 0.737 bits per heavy atom. The first-order valence-corrected chi connectivity index (χ1v) is 6.94. The van der Waals surface area contributed by atoms with Gasteiger partial charge in [-0.15, -0.1) is 25.3 Å². The Labute approximate surface area is 125 Å². The maximum absolute atomic E-state index is 4.60. The fourth-order valence-corrected chi connectivity index (χ4v) is 2.34. The molecule has 0 N–H and O–H groups in total. The molecule has 0 aliphatic carbocycles. The van der Waals surface area contributed by atoms with Gasteiger partial charge in [0.05, 0.1) is 0 Å². The number of anilines is 1. The van der Waals surface area contributed by atoms with Gasteiger partial charge in [-0.25, -0.2) is 0 Å². The van der Waals surface area contributed by atoms with Crippen molar-refractivity contribution in [3.05, 3.63) is 65.7 Å². The van der Waals surface area contributed by atoms with E-state index in [0.717, 1.165) is 20.9 Å². The molecule has 0 aliphatic rings. The molecule has 0 amide bonds. The normalized spacial score (nSPS) is 12.0. The highest BCUT2D eigenvalue weighted by Gasteiger charge is 2.05. The van der Waals surface area contributed by atoms with E-state index in [2.05, 4.69) is 54.4 Å². The molecule has 19 heavy (non-hydrogen) atoms. The van der Waals surface area contributed by atoms with Gasteiger partial charge in [-0.2, -0.15) is 0 Å². The third-order valence-corrected chi connectivity index (χ3v) is 4.07. The van der Waals surface area contributed by atoms with E-state index in [4.69, 9.17) is 0 Å². The minimum atomic E-state index is 0.889. The second-order valence-electron chi connectivity index (χ2n) is 4.50. The lowest BCUT2D eigenvalue weighted by atomic mass is 10.1. The summed E-state index contributed by atoms with van der Waals surface area (Å²) in [4.78, 5) is 3.85. The summed E-state index contributed by atoms with van der Waals surface area (Å²) in [7, 11) is 4.06. The van der Waals surface area contributed by atoms with E-state index in [9.17, 15) is 0 Å². The van der Waals surface area contributed by atoms with Crippen molar-refractivity contribution in [1.29, 1.82) is 0 Å². The Morgan fingerprint density at radius 3 is 1.68 bits per heavy atom. The van der Waals surface area contributed by atoms with Crippen LogP contribution in [0.2, 0.25) is 0 Å². The number of rotatable bonds is 3. The molecule has 0 saturated heterocycles. The first kappa shape index (κ1) is 14.1. The summed E-state index contributed by atoms with van der Waals surface area (Å²) in [6, 6.07) is 18.4. The van der Waals surface area contributed by atoms with E-state index in [1.807, 2.05) is 44.4 Å². The van der Waals surface area contributed by atoms with Crippen LogP contribution >= 0.6 is 25.3 Å². The van der Waals surface area contributed by atoms with E-state index < -0.39 is 0 Å². The average molecular weight is 287 g/mol. The van der Waals surface area contributed by atoms with Crippen LogP contribution in [0.15, 0.2) is 54.6 Å². The highest BCUT2D eigenvalue weighted by atomic mass is 32.1. The molecule has 0 bridgehead atoms. The SMILES string of the molecule is CN(C)c1ccc(C(S)=C(S)c2ccccc2)cc1. The Bertz CT molecular complexity index is 571.